The number of rotatable bonds is 3. The molecule has 114 valence electrons. The van der Waals surface area contributed by atoms with Gasteiger partial charge in [0.15, 0.2) is 5.17 Å². The maximum atomic E-state index is 4.99. The monoisotopic (exact) mass is 294 g/mol. The lowest BCUT2D eigenvalue weighted by Gasteiger charge is -2.36. The van der Waals surface area contributed by atoms with E-state index >= 15 is 0 Å². The molecule has 20 heavy (non-hydrogen) atoms. The molecule has 1 spiro atoms. The molecule has 2 aliphatic carbocycles. The van der Waals surface area contributed by atoms with Crippen LogP contribution in [-0.4, -0.2) is 23.0 Å². The molecule has 2 nitrogen and oxygen atoms in total. The van der Waals surface area contributed by atoms with Crippen molar-refractivity contribution in [2.75, 3.05) is 12.3 Å². The molecule has 3 rings (SSSR count). The Balaban J connectivity index is 1.60. The summed E-state index contributed by atoms with van der Waals surface area (Å²) in [5.41, 5.74) is 0.918. The average molecular weight is 295 g/mol. The van der Waals surface area contributed by atoms with Gasteiger partial charge in [0.1, 0.15) is 0 Å². The minimum Gasteiger partial charge on any atom is -0.359 e. The second-order valence-electron chi connectivity index (χ2n) is 7.58. The average Bonchev–Trinajstić information content (AvgIpc) is 3.05. The van der Waals surface area contributed by atoms with E-state index in [0.717, 1.165) is 12.5 Å². The highest BCUT2D eigenvalue weighted by Gasteiger charge is 2.40. The molecule has 0 aromatic heterocycles. The van der Waals surface area contributed by atoms with Crippen LogP contribution in [0.4, 0.5) is 0 Å². The first-order valence-corrected chi connectivity index (χ1v) is 9.59. The molecule has 1 heterocycles. The van der Waals surface area contributed by atoms with Crippen molar-refractivity contribution in [3.63, 3.8) is 0 Å². The summed E-state index contributed by atoms with van der Waals surface area (Å²) >= 11 is 1.98. The van der Waals surface area contributed by atoms with Gasteiger partial charge in [-0.2, -0.15) is 0 Å². The summed E-state index contributed by atoms with van der Waals surface area (Å²) in [5, 5.41) is 5.06. The number of thioether (sulfide) groups is 1. The lowest BCUT2D eigenvalue weighted by Crippen LogP contribution is -2.47. The standard InChI is InChI=1S/C17H30N2S/c1-3-16(8-4-5-9-16)12-18-15-19-17(13-20-15)10-6-7-14(2)11-17/h14H,3-13H2,1-2H3,(H,18,19). The Kier molecular flexibility index (Phi) is 4.35. The highest BCUT2D eigenvalue weighted by Crippen LogP contribution is 2.42. The highest BCUT2D eigenvalue weighted by molar-refractivity contribution is 8.14. The van der Waals surface area contributed by atoms with Crippen LogP contribution in [0.3, 0.4) is 0 Å². The van der Waals surface area contributed by atoms with Crippen molar-refractivity contribution < 1.29 is 0 Å². The minimum atomic E-state index is 0.385. The van der Waals surface area contributed by atoms with Crippen LogP contribution >= 0.6 is 11.8 Å². The number of nitrogens with one attached hydrogen (secondary N) is 1. The maximum absolute atomic E-state index is 4.99. The predicted octanol–water partition coefficient (Wildman–Crippen LogP) is 4.60. The normalized spacial score (nSPS) is 38.5. The summed E-state index contributed by atoms with van der Waals surface area (Å²) in [5.74, 6) is 2.13. The van der Waals surface area contributed by atoms with Crippen LogP contribution in [0.25, 0.3) is 0 Å². The molecule has 1 saturated heterocycles. The van der Waals surface area contributed by atoms with Gasteiger partial charge in [-0.25, -0.2) is 0 Å². The molecule has 1 N–H and O–H groups in total. The number of amidine groups is 1. The van der Waals surface area contributed by atoms with E-state index < -0.39 is 0 Å². The van der Waals surface area contributed by atoms with Gasteiger partial charge >= 0.3 is 0 Å². The van der Waals surface area contributed by atoms with Gasteiger partial charge in [0.25, 0.3) is 0 Å². The Morgan fingerprint density at radius 1 is 1.25 bits per heavy atom. The molecule has 0 aromatic rings. The molecular weight excluding hydrogens is 264 g/mol. The Hall–Kier alpha value is -0.180. The van der Waals surface area contributed by atoms with Gasteiger partial charge in [0.2, 0.25) is 0 Å². The van der Waals surface area contributed by atoms with Crippen LogP contribution in [0.5, 0.6) is 0 Å². The van der Waals surface area contributed by atoms with Crippen LogP contribution in [0.15, 0.2) is 4.99 Å². The van der Waals surface area contributed by atoms with Crippen LogP contribution in [-0.2, 0) is 0 Å². The van der Waals surface area contributed by atoms with E-state index in [0.29, 0.717) is 11.0 Å². The summed E-state index contributed by atoms with van der Waals surface area (Å²) in [7, 11) is 0. The third-order valence-corrected chi connectivity index (χ3v) is 7.12. The van der Waals surface area contributed by atoms with Crippen LogP contribution in [0.1, 0.15) is 71.6 Å². The zero-order valence-corrected chi connectivity index (χ0v) is 14.0. The van der Waals surface area contributed by atoms with Crippen LogP contribution in [0.2, 0.25) is 0 Å². The van der Waals surface area contributed by atoms with Crippen LogP contribution in [0, 0.1) is 11.3 Å². The fraction of sp³-hybridized carbons (Fsp3) is 0.941. The second kappa shape index (κ2) is 5.90. The van der Waals surface area contributed by atoms with E-state index in [1.807, 2.05) is 11.8 Å². The van der Waals surface area contributed by atoms with Crippen molar-refractivity contribution in [3.05, 3.63) is 0 Å². The number of hydrogen-bond acceptors (Lipinski definition) is 2. The van der Waals surface area contributed by atoms with E-state index in [4.69, 9.17) is 4.99 Å². The fourth-order valence-corrected chi connectivity index (χ4v) is 5.68. The maximum Gasteiger partial charge on any atom is 0.157 e. The predicted molar refractivity (Wildman–Crippen MR) is 89.5 cm³/mol. The summed E-state index contributed by atoms with van der Waals surface area (Å²) < 4.78 is 0. The topological polar surface area (TPSA) is 24.4 Å². The van der Waals surface area contributed by atoms with Crippen molar-refractivity contribution >= 4 is 16.9 Å². The number of nitrogens with zero attached hydrogens (tertiary/aromatic N) is 1. The largest absolute Gasteiger partial charge is 0.359 e. The Morgan fingerprint density at radius 3 is 2.75 bits per heavy atom. The number of aliphatic imine (C=N–C) groups is 1. The summed E-state index contributed by atoms with van der Waals surface area (Å²) in [6.45, 7) is 5.82. The van der Waals surface area contributed by atoms with Crippen molar-refractivity contribution in [2.24, 2.45) is 16.3 Å². The van der Waals surface area contributed by atoms with E-state index in [2.05, 4.69) is 19.2 Å². The van der Waals surface area contributed by atoms with Crippen molar-refractivity contribution in [1.82, 2.24) is 5.32 Å². The van der Waals surface area contributed by atoms with E-state index in [1.54, 1.807) is 0 Å². The Bertz CT molecular complexity index is 373. The molecule has 3 heteroatoms. The van der Waals surface area contributed by atoms with Crippen molar-refractivity contribution in [1.29, 1.82) is 0 Å². The molecule has 2 atom stereocenters. The highest BCUT2D eigenvalue weighted by atomic mass is 32.2. The third kappa shape index (κ3) is 3.03. The molecule has 0 aromatic carbocycles. The van der Waals surface area contributed by atoms with Crippen LogP contribution < -0.4 is 5.32 Å². The third-order valence-electron chi connectivity index (χ3n) is 5.92. The molecule has 1 aliphatic heterocycles. The van der Waals surface area contributed by atoms with Crippen molar-refractivity contribution in [3.8, 4) is 0 Å². The van der Waals surface area contributed by atoms with Gasteiger partial charge < -0.3 is 5.32 Å². The number of hydrogen-bond donors (Lipinski definition) is 1. The van der Waals surface area contributed by atoms with Gasteiger partial charge in [-0.15, -0.1) is 0 Å². The molecule has 2 saturated carbocycles. The SMILES string of the molecule is CCC1(CN=C2NC3(CCCC(C)C3)CS2)CCCC1. The minimum absolute atomic E-state index is 0.385. The lowest BCUT2D eigenvalue weighted by atomic mass is 9.78. The van der Waals surface area contributed by atoms with E-state index in [1.165, 1.54) is 68.7 Å². The quantitative estimate of drug-likeness (QED) is 0.822. The first kappa shape index (κ1) is 14.7. The zero-order chi connectivity index (χ0) is 14.1. The Morgan fingerprint density at radius 2 is 2.05 bits per heavy atom. The summed E-state index contributed by atoms with van der Waals surface area (Å²) in [6.07, 6.45) is 12.4. The molecule has 0 amide bonds. The summed E-state index contributed by atoms with van der Waals surface area (Å²) in [6, 6.07) is 0. The smallest absolute Gasteiger partial charge is 0.157 e. The van der Waals surface area contributed by atoms with E-state index in [-0.39, 0.29) is 0 Å². The van der Waals surface area contributed by atoms with Gasteiger partial charge in [-0.05, 0) is 43.4 Å². The van der Waals surface area contributed by atoms with E-state index in [9.17, 15) is 0 Å². The second-order valence-corrected chi connectivity index (χ2v) is 8.54. The van der Waals surface area contributed by atoms with Gasteiger partial charge in [-0.3, -0.25) is 4.99 Å². The fourth-order valence-electron chi connectivity index (χ4n) is 4.48. The van der Waals surface area contributed by atoms with Gasteiger partial charge in [-0.1, -0.05) is 51.3 Å². The molecule has 3 aliphatic rings. The zero-order valence-electron chi connectivity index (χ0n) is 13.2. The Labute approximate surface area is 128 Å². The molecular formula is C17H30N2S. The lowest BCUT2D eigenvalue weighted by molar-refractivity contribution is 0.242. The first-order valence-electron chi connectivity index (χ1n) is 8.61. The van der Waals surface area contributed by atoms with Crippen molar-refractivity contribution in [2.45, 2.75) is 77.2 Å². The van der Waals surface area contributed by atoms with Gasteiger partial charge in [0, 0.05) is 17.8 Å². The van der Waals surface area contributed by atoms with Gasteiger partial charge in [0.05, 0.1) is 0 Å². The first-order chi connectivity index (χ1) is 9.65. The molecule has 0 bridgehead atoms. The summed E-state index contributed by atoms with van der Waals surface area (Å²) in [4.78, 5) is 4.99. The molecule has 2 unspecified atom stereocenters. The molecule has 0 radical (unpaired) electrons. The molecule has 3 fully saturated rings.